The van der Waals surface area contributed by atoms with Crippen LogP contribution >= 0.6 is 0 Å². The predicted octanol–water partition coefficient (Wildman–Crippen LogP) is 3.97. The second kappa shape index (κ2) is 5.03. The van der Waals surface area contributed by atoms with Crippen molar-refractivity contribution in [3.63, 3.8) is 0 Å². The van der Waals surface area contributed by atoms with E-state index in [0.29, 0.717) is 5.41 Å². The molecular weight excluding hydrogens is 306 g/mol. The number of pyridine rings is 1. The van der Waals surface area contributed by atoms with Gasteiger partial charge in [-0.15, -0.1) is 0 Å². The van der Waals surface area contributed by atoms with Crippen molar-refractivity contribution in [2.75, 3.05) is 6.26 Å². The Bertz CT molecular complexity index is 877. The van der Waals surface area contributed by atoms with Crippen LogP contribution in [0, 0.1) is 5.41 Å². The van der Waals surface area contributed by atoms with Crippen molar-refractivity contribution in [3.05, 3.63) is 59.9 Å². The molecule has 0 unspecified atom stereocenters. The van der Waals surface area contributed by atoms with E-state index in [0.717, 1.165) is 18.5 Å². The van der Waals surface area contributed by atoms with Gasteiger partial charge in [0, 0.05) is 12.5 Å². The summed E-state index contributed by atoms with van der Waals surface area (Å²) in [4.78, 5) is 4.74. The molecule has 0 N–H and O–H groups in total. The summed E-state index contributed by atoms with van der Waals surface area (Å²) < 4.78 is 23.2. The van der Waals surface area contributed by atoms with Gasteiger partial charge in [-0.2, -0.15) is 0 Å². The zero-order valence-corrected chi connectivity index (χ0v) is 13.9. The molecule has 0 atom stereocenters. The highest BCUT2D eigenvalue weighted by atomic mass is 32.2. The summed E-state index contributed by atoms with van der Waals surface area (Å²) in [6.45, 7) is 0. The zero-order chi connectivity index (χ0) is 16.1. The maximum Gasteiger partial charge on any atom is 0.177 e. The summed E-state index contributed by atoms with van der Waals surface area (Å²) >= 11 is 0. The highest BCUT2D eigenvalue weighted by Gasteiger charge is 2.48. The number of hydrogen-bond donors (Lipinski definition) is 0. The third-order valence-corrected chi connectivity index (χ3v) is 6.12. The fraction of sp³-hybridized carbons (Fsp3) is 0.316. The van der Waals surface area contributed by atoms with Crippen molar-refractivity contribution in [1.82, 2.24) is 4.98 Å². The van der Waals surface area contributed by atoms with E-state index in [9.17, 15) is 8.42 Å². The number of benzene rings is 1. The lowest BCUT2D eigenvalue weighted by Gasteiger charge is -2.08. The smallest absolute Gasteiger partial charge is 0.177 e. The largest absolute Gasteiger partial charge is 0.255 e. The first-order valence-corrected chi connectivity index (χ1v) is 9.80. The van der Waals surface area contributed by atoms with Crippen LogP contribution in [0.2, 0.25) is 0 Å². The first-order valence-electron chi connectivity index (χ1n) is 7.91. The van der Waals surface area contributed by atoms with Gasteiger partial charge in [0.2, 0.25) is 0 Å². The highest BCUT2D eigenvalue weighted by Crippen LogP contribution is 2.63. The predicted molar refractivity (Wildman–Crippen MR) is 91.5 cm³/mol. The number of allylic oxidation sites excluding steroid dienone is 2. The van der Waals surface area contributed by atoms with Crippen molar-refractivity contribution in [2.45, 2.75) is 30.6 Å². The lowest BCUT2D eigenvalue weighted by molar-refractivity contribution is 0.567. The summed E-state index contributed by atoms with van der Waals surface area (Å²) in [5.41, 5.74) is 5.29. The fourth-order valence-corrected chi connectivity index (χ4v) is 4.05. The zero-order valence-electron chi connectivity index (χ0n) is 13.1. The van der Waals surface area contributed by atoms with Crippen LogP contribution < -0.4 is 0 Å². The Balaban J connectivity index is 1.78. The minimum absolute atomic E-state index is 0.280. The summed E-state index contributed by atoms with van der Waals surface area (Å²) in [6, 6.07) is 14.0. The van der Waals surface area contributed by atoms with Crippen LogP contribution in [-0.2, 0) is 9.84 Å². The monoisotopic (exact) mass is 325 g/mol. The molecule has 118 valence electrons. The average Bonchev–Trinajstić information content (AvgIpc) is 3.18. The third kappa shape index (κ3) is 2.72. The average molecular weight is 325 g/mol. The number of hydrogen-bond acceptors (Lipinski definition) is 3. The Labute approximate surface area is 137 Å². The van der Waals surface area contributed by atoms with Crippen molar-refractivity contribution in [3.8, 4) is 0 Å². The van der Waals surface area contributed by atoms with Gasteiger partial charge in [-0.05, 0) is 59.9 Å². The lowest BCUT2D eigenvalue weighted by atomic mass is 9.99. The fourth-order valence-electron chi connectivity index (χ4n) is 3.50. The number of aromatic nitrogens is 1. The Morgan fingerprint density at radius 1 is 0.957 bits per heavy atom. The molecule has 1 aromatic carbocycles. The van der Waals surface area contributed by atoms with Gasteiger partial charge in [0.1, 0.15) is 0 Å². The van der Waals surface area contributed by atoms with Gasteiger partial charge in [-0.1, -0.05) is 30.3 Å². The van der Waals surface area contributed by atoms with Crippen LogP contribution in [0.4, 0.5) is 0 Å². The quantitative estimate of drug-likeness (QED) is 0.858. The Hall–Kier alpha value is -1.94. The van der Waals surface area contributed by atoms with Gasteiger partial charge in [-0.3, -0.25) is 4.98 Å². The Kier molecular flexibility index (Phi) is 3.20. The number of sulfone groups is 1. The Morgan fingerprint density at radius 3 is 2.22 bits per heavy atom. The van der Waals surface area contributed by atoms with Crippen LogP contribution in [0.1, 0.15) is 36.9 Å². The van der Waals surface area contributed by atoms with Crippen molar-refractivity contribution >= 4 is 21.0 Å². The molecule has 0 bridgehead atoms. The normalized spacial score (nSPS) is 19.3. The van der Waals surface area contributed by atoms with Crippen molar-refractivity contribution < 1.29 is 8.42 Å². The Morgan fingerprint density at radius 2 is 1.65 bits per heavy atom. The van der Waals surface area contributed by atoms with Gasteiger partial charge < -0.3 is 0 Å². The van der Waals surface area contributed by atoms with Gasteiger partial charge in [0.25, 0.3) is 0 Å². The summed E-state index contributed by atoms with van der Waals surface area (Å²) in [5.74, 6) is 0. The van der Waals surface area contributed by atoms with Crippen LogP contribution in [-0.4, -0.2) is 19.7 Å². The van der Waals surface area contributed by atoms with Crippen LogP contribution in [0.25, 0.3) is 11.1 Å². The van der Waals surface area contributed by atoms with Gasteiger partial charge >= 0.3 is 0 Å². The van der Waals surface area contributed by atoms with E-state index in [1.54, 1.807) is 6.07 Å². The van der Waals surface area contributed by atoms with Gasteiger partial charge in [0.15, 0.2) is 9.84 Å². The first-order chi connectivity index (χ1) is 11.0. The molecule has 1 heterocycles. The van der Waals surface area contributed by atoms with E-state index in [2.05, 4.69) is 29.2 Å². The summed E-state index contributed by atoms with van der Waals surface area (Å²) in [6.07, 6.45) is 7.44. The first kappa shape index (κ1) is 14.6. The topological polar surface area (TPSA) is 47.0 Å². The third-order valence-electron chi connectivity index (χ3n) is 5.02. The van der Waals surface area contributed by atoms with E-state index in [1.165, 1.54) is 42.0 Å². The SMILES string of the molecule is CS(=O)(=O)c1ccc(C2=C(c3ccccc3)CC3(CC3)C2)nc1. The maximum absolute atomic E-state index is 11.6. The van der Waals surface area contributed by atoms with Gasteiger partial charge in [-0.25, -0.2) is 8.42 Å². The molecule has 1 fully saturated rings. The second-order valence-electron chi connectivity index (χ2n) is 6.83. The van der Waals surface area contributed by atoms with Crippen molar-refractivity contribution in [2.24, 2.45) is 5.41 Å². The molecule has 0 aliphatic heterocycles. The van der Waals surface area contributed by atoms with E-state index in [-0.39, 0.29) is 4.90 Å². The van der Waals surface area contributed by atoms with Crippen LogP contribution in [0.3, 0.4) is 0 Å². The molecule has 0 amide bonds. The standard InChI is InChI=1S/C19H19NO2S/c1-23(21,22)15-7-8-18(20-13-15)17-12-19(9-10-19)11-16(17)14-5-3-2-4-6-14/h2-8,13H,9-12H2,1H3. The number of nitrogens with zero attached hydrogens (tertiary/aromatic N) is 1. The second-order valence-corrected chi connectivity index (χ2v) is 8.84. The molecule has 1 saturated carbocycles. The van der Waals surface area contributed by atoms with E-state index in [1.807, 2.05) is 12.1 Å². The molecular formula is C19H19NO2S. The van der Waals surface area contributed by atoms with Crippen LogP contribution in [0.5, 0.6) is 0 Å². The molecule has 1 aromatic heterocycles. The molecule has 4 heteroatoms. The van der Waals surface area contributed by atoms with E-state index < -0.39 is 9.84 Å². The van der Waals surface area contributed by atoms with E-state index >= 15 is 0 Å². The van der Waals surface area contributed by atoms with Crippen molar-refractivity contribution in [1.29, 1.82) is 0 Å². The van der Waals surface area contributed by atoms with Crippen LogP contribution in [0.15, 0.2) is 53.6 Å². The molecule has 0 saturated heterocycles. The highest BCUT2D eigenvalue weighted by molar-refractivity contribution is 7.90. The van der Waals surface area contributed by atoms with Gasteiger partial charge in [0.05, 0.1) is 10.6 Å². The minimum atomic E-state index is -3.20. The minimum Gasteiger partial charge on any atom is -0.255 e. The molecule has 3 nitrogen and oxygen atoms in total. The molecule has 2 aliphatic rings. The molecule has 4 rings (SSSR count). The molecule has 2 aliphatic carbocycles. The lowest BCUT2D eigenvalue weighted by Crippen LogP contribution is -1.99. The molecule has 23 heavy (non-hydrogen) atoms. The number of rotatable bonds is 3. The summed E-state index contributed by atoms with van der Waals surface area (Å²) in [5, 5.41) is 0. The molecule has 1 spiro atoms. The van der Waals surface area contributed by atoms with E-state index in [4.69, 9.17) is 0 Å². The maximum atomic E-state index is 11.6. The summed E-state index contributed by atoms with van der Waals surface area (Å²) in [7, 11) is -3.20. The molecule has 0 radical (unpaired) electrons. The molecule has 2 aromatic rings.